The Labute approximate surface area is 151 Å². The highest BCUT2D eigenvalue weighted by atomic mass is 16.6. The number of rotatable bonds is 3. The fourth-order valence-corrected chi connectivity index (χ4v) is 2.40. The summed E-state index contributed by atoms with van der Waals surface area (Å²) in [5.74, 6) is 2.24. The lowest BCUT2D eigenvalue weighted by Gasteiger charge is -2.19. The zero-order chi connectivity index (χ0) is 18.9. The maximum absolute atomic E-state index is 12.1. The van der Waals surface area contributed by atoms with Crippen LogP contribution in [0.15, 0.2) is 30.3 Å². The quantitative estimate of drug-likeness (QED) is 0.774. The van der Waals surface area contributed by atoms with Gasteiger partial charge in [0, 0.05) is 11.6 Å². The molecule has 0 atom stereocenters. The molecule has 0 aliphatic carbocycles. The monoisotopic (exact) mass is 355 g/mol. The summed E-state index contributed by atoms with van der Waals surface area (Å²) in [5, 5.41) is 7.03. The van der Waals surface area contributed by atoms with E-state index in [1.807, 2.05) is 24.3 Å². The number of benzene rings is 1. The van der Waals surface area contributed by atoms with Crippen molar-refractivity contribution in [1.29, 1.82) is 0 Å². The van der Waals surface area contributed by atoms with Gasteiger partial charge >= 0.3 is 6.09 Å². The first kappa shape index (κ1) is 17.7. The molecule has 3 rings (SSSR count). The number of fused-ring (bicyclic) bond motifs is 1. The van der Waals surface area contributed by atoms with Crippen LogP contribution in [0, 0.1) is 6.92 Å². The van der Waals surface area contributed by atoms with E-state index in [9.17, 15) is 4.79 Å². The lowest BCUT2D eigenvalue weighted by molar-refractivity contribution is 0.0635. The van der Waals surface area contributed by atoms with Gasteiger partial charge in [0.25, 0.3) is 0 Å². The highest BCUT2D eigenvalue weighted by Crippen LogP contribution is 2.23. The first-order chi connectivity index (χ1) is 12.2. The Morgan fingerprint density at radius 3 is 2.46 bits per heavy atom. The largest absolute Gasteiger partial charge is 0.497 e. The van der Waals surface area contributed by atoms with Crippen LogP contribution in [0.1, 0.15) is 26.6 Å². The average molecular weight is 355 g/mol. The van der Waals surface area contributed by atoms with Crippen molar-refractivity contribution < 1.29 is 14.3 Å². The maximum Gasteiger partial charge on any atom is 0.413 e. The van der Waals surface area contributed by atoms with Gasteiger partial charge in [0.1, 0.15) is 23.0 Å². The molecule has 0 unspecified atom stereocenters. The van der Waals surface area contributed by atoms with Crippen LogP contribution in [-0.4, -0.2) is 38.4 Å². The summed E-state index contributed by atoms with van der Waals surface area (Å²) in [5.41, 5.74) is 0.793. The number of hydrogen-bond donors (Lipinski definition) is 1. The average Bonchev–Trinajstić information content (AvgIpc) is 2.92. The molecular formula is C18H21N5O3. The normalized spacial score (nSPS) is 11.4. The molecule has 0 radical (unpaired) electrons. The summed E-state index contributed by atoms with van der Waals surface area (Å²) >= 11 is 0. The molecule has 1 N–H and O–H groups in total. The van der Waals surface area contributed by atoms with Crippen LogP contribution in [0.5, 0.6) is 5.75 Å². The Hall–Kier alpha value is -3.16. The van der Waals surface area contributed by atoms with Crippen molar-refractivity contribution >= 4 is 17.6 Å². The van der Waals surface area contributed by atoms with Crippen molar-refractivity contribution in [2.24, 2.45) is 0 Å². The van der Waals surface area contributed by atoms with E-state index in [0.29, 0.717) is 23.1 Å². The number of amides is 1. The molecule has 0 saturated carbocycles. The van der Waals surface area contributed by atoms with E-state index in [1.165, 1.54) is 0 Å². The smallest absolute Gasteiger partial charge is 0.413 e. The van der Waals surface area contributed by atoms with Crippen LogP contribution < -0.4 is 10.1 Å². The topological polar surface area (TPSA) is 90.6 Å². The molecule has 3 aromatic rings. The molecule has 0 fully saturated rings. The third-order valence-corrected chi connectivity index (χ3v) is 3.41. The first-order valence-electron chi connectivity index (χ1n) is 8.14. The minimum Gasteiger partial charge on any atom is -0.497 e. The minimum atomic E-state index is -0.599. The summed E-state index contributed by atoms with van der Waals surface area (Å²) < 4.78 is 12.1. The Bertz CT molecular complexity index is 942. The Balaban J connectivity index is 2.02. The highest BCUT2D eigenvalue weighted by Gasteiger charge is 2.18. The van der Waals surface area contributed by atoms with E-state index in [0.717, 1.165) is 11.3 Å². The molecule has 2 aromatic heterocycles. The number of ether oxygens (including phenoxy) is 2. The molecule has 2 heterocycles. The van der Waals surface area contributed by atoms with Gasteiger partial charge in [-0.15, -0.1) is 5.10 Å². The fourth-order valence-electron chi connectivity index (χ4n) is 2.40. The molecule has 0 spiro atoms. The fraction of sp³-hybridized carbons (Fsp3) is 0.333. The van der Waals surface area contributed by atoms with Gasteiger partial charge in [-0.2, -0.15) is 4.52 Å². The lowest BCUT2D eigenvalue weighted by atomic mass is 10.2. The summed E-state index contributed by atoms with van der Waals surface area (Å²) in [6, 6.07) is 9.06. The van der Waals surface area contributed by atoms with Crippen molar-refractivity contribution in [2.45, 2.75) is 33.3 Å². The summed E-state index contributed by atoms with van der Waals surface area (Å²) in [6.45, 7) is 7.20. The third kappa shape index (κ3) is 3.90. The second-order valence-electron chi connectivity index (χ2n) is 6.75. The lowest BCUT2D eigenvalue weighted by Crippen LogP contribution is -2.27. The van der Waals surface area contributed by atoms with Crippen LogP contribution in [0.2, 0.25) is 0 Å². The zero-order valence-corrected chi connectivity index (χ0v) is 15.4. The van der Waals surface area contributed by atoms with Crippen LogP contribution in [-0.2, 0) is 4.74 Å². The number of methoxy groups -OCH3 is 1. The van der Waals surface area contributed by atoms with Gasteiger partial charge in [-0.05, 0) is 52.0 Å². The van der Waals surface area contributed by atoms with Crippen LogP contribution in [0.3, 0.4) is 0 Å². The number of aryl methyl sites for hydroxylation is 1. The number of aromatic nitrogens is 4. The molecule has 0 aliphatic heterocycles. The second-order valence-corrected chi connectivity index (χ2v) is 6.75. The molecule has 136 valence electrons. The van der Waals surface area contributed by atoms with Gasteiger partial charge in [0.15, 0.2) is 11.5 Å². The number of nitrogens with zero attached hydrogens (tertiary/aromatic N) is 4. The maximum atomic E-state index is 12.1. The summed E-state index contributed by atoms with van der Waals surface area (Å²) in [7, 11) is 1.61. The van der Waals surface area contributed by atoms with Gasteiger partial charge in [0.2, 0.25) is 0 Å². The van der Waals surface area contributed by atoms with E-state index in [-0.39, 0.29) is 0 Å². The number of carbonyl (C=O) groups is 1. The third-order valence-electron chi connectivity index (χ3n) is 3.41. The number of nitrogens with one attached hydrogen (secondary N) is 1. The molecule has 0 aliphatic rings. The molecule has 8 nitrogen and oxygen atoms in total. The van der Waals surface area contributed by atoms with Crippen molar-refractivity contribution in [3.8, 4) is 17.1 Å². The SMILES string of the molecule is COc1ccc(-c2nc(NC(=O)OC(C)(C)C)cc3nc(C)nn23)cc1. The molecule has 26 heavy (non-hydrogen) atoms. The molecule has 1 amide bonds. The van der Waals surface area contributed by atoms with Crippen molar-refractivity contribution in [3.63, 3.8) is 0 Å². The highest BCUT2D eigenvalue weighted by molar-refractivity contribution is 5.84. The van der Waals surface area contributed by atoms with E-state index in [4.69, 9.17) is 9.47 Å². The second kappa shape index (κ2) is 6.62. The first-order valence-corrected chi connectivity index (χ1v) is 8.14. The zero-order valence-electron chi connectivity index (χ0n) is 15.4. The van der Waals surface area contributed by atoms with Gasteiger partial charge in [-0.3, -0.25) is 5.32 Å². The van der Waals surface area contributed by atoms with E-state index < -0.39 is 11.7 Å². The van der Waals surface area contributed by atoms with Gasteiger partial charge in [-0.25, -0.2) is 14.8 Å². The number of hydrogen-bond acceptors (Lipinski definition) is 6. The molecule has 8 heteroatoms. The summed E-state index contributed by atoms with van der Waals surface area (Å²) in [6.07, 6.45) is -0.578. The number of anilines is 1. The summed E-state index contributed by atoms with van der Waals surface area (Å²) in [4.78, 5) is 21.0. The van der Waals surface area contributed by atoms with Crippen LogP contribution in [0.25, 0.3) is 17.0 Å². The van der Waals surface area contributed by atoms with Gasteiger partial charge in [0.05, 0.1) is 7.11 Å². The molecular weight excluding hydrogens is 334 g/mol. The van der Waals surface area contributed by atoms with E-state index in [2.05, 4.69) is 20.4 Å². The minimum absolute atomic E-state index is 0.338. The van der Waals surface area contributed by atoms with Crippen molar-refractivity contribution in [2.75, 3.05) is 12.4 Å². The predicted molar refractivity (Wildman–Crippen MR) is 97.4 cm³/mol. The van der Waals surface area contributed by atoms with Crippen molar-refractivity contribution in [1.82, 2.24) is 19.6 Å². The predicted octanol–water partition coefficient (Wildman–Crippen LogP) is 3.46. The molecule has 0 saturated heterocycles. The molecule has 0 bridgehead atoms. The molecule has 1 aromatic carbocycles. The standard InChI is InChI=1S/C18H21N5O3/c1-11-19-15-10-14(21-17(24)26-18(2,3)4)20-16(23(15)22-11)12-6-8-13(25-5)9-7-12/h6-10H,1-5H3,(H,21,24). The number of carbonyl (C=O) groups excluding carboxylic acids is 1. The van der Waals surface area contributed by atoms with E-state index >= 15 is 0 Å². The van der Waals surface area contributed by atoms with Gasteiger partial charge < -0.3 is 9.47 Å². The van der Waals surface area contributed by atoms with Gasteiger partial charge in [-0.1, -0.05) is 0 Å². The van der Waals surface area contributed by atoms with E-state index in [1.54, 1.807) is 45.4 Å². The Morgan fingerprint density at radius 1 is 1.15 bits per heavy atom. The van der Waals surface area contributed by atoms with Crippen LogP contribution >= 0.6 is 0 Å². The van der Waals surface area contributed by atoms with Crippen LogP contribution in [0.4, 0.5) is 10.6 Å². The Kier molecular flexibility index (Phi) is 4.50. The Morgan fingerprint density at radius 2 is 1.85 bits per heavy atom. The van der Waals surface area contributed by atoms with Crippen molar-refractivity contribution in [3.05, 3.63) is 36.2 Å².